The van der Waals surface area contributed by atoms with Crippen LogP contribution in [-0.2, 0) is 47.7 Å². The summed E-state index contributed by atoms with van der Waals surface area (Å²) in [5.41, 5.74) is 0.167. The minimum atomic E-state index is -1.08. The quantitative estimate of drug-likeness (QED) is 0.0382. The maximum Gasteiger partial charge on any atom is 0.335 e. The SMILES string of the molecule is C1CO1.O=C(O)CCC(=O)O.O=C(O)CCCC(=O)O.O=C(O)CCCCC(=O)O.O=C(O)c1ccc(C(=O)O)cc1.OCC1CCC(CO)CC1.OCCO.OCCOCCO.OCCOCCOCCO. The summed E-state index contributed by atoms with van der Waals surface area (Å²) in [7, 11) is 0. The van der Waals surface area contributed by atoms with E-state index in [1.807, 2.05) is 0 Å². The Bertz CT molecular complexity index is 1360. The lowest BCUT2D eigenvalue weighted by Crippen LogP contribution is -2.19. The molecule has 0 radical (unpaired) electrons. The zero-order valence-corrected chi connectivity index (χ0v) is 41.0. The molecule has 2 fully saturated rings. The molecule has 0 unspecified atom stereocenters. The largest absolute Gasteiger partial charge is 0.481 e. The Morgan fingerprint density at radius 1 is 0.370 bits per heavy atom. The van der Waals surface area contributed by atoms with Crippen LogP contribution < -0.4 is 0 Å². The molecule has 1 heterocycles. The van der Waals surface area contributed by atoms with Gasteiger partial charge in [0, 0.05) is 38.9 Å². The summed E-state index contributed by atoms with van der Waals surface area (Å²) < 4.78 is 18.9. The zero-order chi connectivity index (χ0) is 57.1. The molecule has 3 rings (SSSR count). The Morgan fingerprint density at radius 3 is 0.781 bits per heavy atom. The lowest BCUT2D eigenvalue weighted by Gasteiger charge is -2.25. The summed E-state index contributed by atoms with van der Waals surface area (Å²) in [4.78, 5) is 79.3. The first-order valence-corrected chi connectivity index (χ1v) is 22.7. The van der Waals surface area contributed by atoms with E-state index in [4.69, 9.17) is 91.2 Å². The average molecular weight is 1070 g/mol. The first-order valence-electron chi connectivity index (χ1n) is 22.7. The monoisotopic (exact) mass is 1070 g/mol. The Kier molecular flexibility index (Phi) is 67.7. The van der Waals surface area contributed by atoms with E-state index in [0.717, 1.165) is 38.9 Å². The number of ether oxygens (including phenoxy) is 4. The van der Waals surface area contributed by atoms with Gasteiger partial charge < -0.3 is 101 Å². The van der Waals surface area contributed by atoms with Crippen molar-refractivity contribution in [3.05, 3.63) is 35.4 Å². The van der Waals surface area contributed by atoms with Crippen molar-refractivity contribution in [2.24, 2.45) is 11.8 Å². The van der Waals surface area contributed by atoms with Gasteiger partial charge in [-0.3, -0.25) is 28.8 Å². The van der Waals surface area contributed by atoms with Crippen molar-refractivity contribution in [1.82, 2.24) is 0 Å². The fraction of sp³-hybridized carbons (Fsp3) is 0.689. The van der Waals surface area contributed by atoms with Crippen LogP contribution in [0.5, 0.6) is 0 Å². The van der Waals surface area contributed by atoms with Gasteiger partial charge in [-0.2, -0.15) is 0 Å². The summed E-state index contributed by atoms with van der Waals surface area (Å²) in [5, 5.41) is 131. The van der Waals surface area contributed by atoms with E-state index < -0.39 is 47.8 Å². The maximum atomic E-state index is 10.3. The molecule has 0 aromatic heterocycles. The predicted octanol–water partition coefficient (Wildman–Crippen LogP) is -0.182. The van der Waals surface area contributed by atoms with Crippen molar-refractivity contribution < 1.29 is 139 Å². The van der Waals surface area contributed by atoms with Crippen LogP contribution in [0, 0.1) is 11.8 Å². The van der Waals surface area contributed by atoms with Crippen molar-refractivity contribution in [3.63, 3.8) is 0 Å². The maximum absolute atomic E-state index is 10.3. The van der Waals surface area contributed by atoms with E-state index >= 15 is 0 Å². The summed E-state index contributed by atoms with van der Waals surface area (Å²) >= 11 is 0. The molecule has 16 N–H and O–H groups in total. The number of aliphatic hydroxyl groups is 8. The van der Waals surface area contributed by atoms with Gasteiger partial charge >= 0.3 is 47.8 Å². The van der Waals surface area contributed by atoms with Crippen LogP contribution in [0.15, 0.2) is 24.3 Å². The number of hydrogen-bond donors (Lipinski definition) is 16. The van der Waals surface area contributed by atoms with E-state index in [2.05, 4.69) is 9.47 Å². The van der Waals surface area contributed by atoms with E-state index in [0.29, 0.717) is 77.5 Å². The van der Waals surface area contributed by atoms with Crippen molar-refractivity contribution >= 4 is 47.8 Å². The van der Waals surface area contributed by atoms with Crippen LogP contribution >= 0.6 is 0 Å². The second kappa shape index (κ2) is 62.6. The van der Waals surface area contributed by atoms with Crippen molar-refractivity contribution in [2.75, 3.05) is 106 Å². The molecule has 1 saturated carbocycles. The number of rotatable bonds is 28. The van der Waals surface area contributed by atoms with Crippen LogP contribution in [0.1, 0.15) is 104 Å². The minimum Gasteiger partial charge on any atom is -0.481 e. The molecule has 0 spiro atoms. The molecule has 1 aliphatic carbocycles. The van der Waals surface area contributed by atoms with E-state index in [1.54, 1.807) is 0 Å². The molecule has 0 bridgehead atoms. The van der Waals surface area contributed by atoms with Gasteiger partial charge in [0.2, 0.25) is 0 Å². The highest BCUT2D eigenvalue weighted by atomic mass is 16.6. The number of aliphatic hydroxyl groups excluding tert-OH is 8. The Hall–Kier alpha value is -5.50. The molecular weight excluding hydrogens is 988 g/mol. The van der Waals surface area contributed by atoms with Gasteiger partial charge in [0.05, 0.1) is 116 Å². The number of carboxylic acid groups (broad SMARTS) is 8. The third-order valence-electron chi connectivity index (χ3n) is 7.85. The predicted molar refractivity (Wildman–Crippen MR) is 253 cm³/mol. The number of epoxide rings is 1. The third kappa shape index (κ3) is 83.7. The van der Waals surface area contributed by atoms with Crippen molar-refractivity contribution in [1.29, 1.82) is 0 Å². The van der Waals surface area contributed by atoms with Gasteiger partial charge in [-0.1, -0.05) is 0 Å². The van der Waals surface area contributed by atoms with Crippen LogP contribution in [-0.4, -0.2) is 235 Å². The lowest BCUT2D eigenvalue weighted by molar-refractivity contribution is -0.143. The summed E-state index contributed by atoms with van der Waals surface area (Å²) in [6, 6.07) is 5.02. The fourth-order valence-corrected chi connectivity index (χ4v) is 4.19. The number of carboxylic acids is 8. The Labute approximate surface area is 422 Å². The molecule has 0 amide bonds. The smallest absolute Gasteiger partial charge is 0.335 e. The molecule has 428 valence electrons. The molecule has 73 heavy (non-hydrogen) atoms. The molecule has 28 heteroatoms. The van der Waals surface area contributed by atoms with Crippen LogP contribution in [0.4, 0.5) is 0 Å². The first-order chi connectivity index (χ1) is 34.6. The Balaban J connectivity index is -0.000000176. The van der Waals surface area contributed by atoms with Crippen molar-refractivity contribution in [3.8, 4) is 0 Å². The second-order valence-corrected chi connectivity index (χ2v) is 14.2. The standard InChI is InChI=1S/C8H6O4.C8H16O2.C6H14O4.C6H10O4.C5H8O4.C4H6O4.C4H10O3.C2H6O2.C2H4O/c9-7(10)5-1-2-6(4-3-5)8(11)12;9-5-7-1-2-8(6-10)4-3-7;7-1-3-9-5-6-10-4-2-8;7-5(8)3-1-2-4-6(9)10;6-4(7)2-1-3-5(8)9;5-3(6)1-2-4(7)8;5-1-3-7-4-2-6;3-1-2-4;1-2-3-1/h1-4H,(H,9,10)(H,11,12);7-10H,1-6H2;7-8H,1-6H2;1-4H2,(H,7,8)(H,9,10);1-3H2,(H,6,7)(H,8,9);1-2H2,(H,5,6)(H,7,8);5-6H,1-4H2;3-4H,1-2H2;1-2H2. The van der Waals surface area contributed by atoms with E-state index in [-0.39, 0.29) is 95.7 Å². The lowest BCUT2D eigenvalue weighted by atomic mass is 9.83. The molecule has 28 nitrogen and oxygen atoms in total. The number of hydrogen-bond acceptors (Lipinski definition) is 20. The topological polar surface area (TPSA) is 500 Å². The fourth-order valence-electron chi connectivity index (χ4n) is 4.19. The molecule has 0 atom stereocenters. The summed E-state index contributed by atoms with van der Waals surface area (Å²) in [5.74, 6) is -6.88. The molecule has 2 aliphatic rings. The highest BCUT2D eigenvalue weighted by Crippen LogP contribution is 2.27. The van der Waals surface area contributed by atoms with Gasteiger partial charge in [0.1, 0.15) is 0 Å². The molecular formula is C45H80O28. The van der Waals surface area contributed by atoms with Crippen LogP contribution in [0.25, 0.3) is 0 Å². The van der Waals surface area contributed by atoms with Crippen molar-refractivity contribution in [2.45, 2.75) is 83.5 Å². The highest BCUT2D eigenvalue weighted by molar-refractivity contribution is 5.91. The first kappa shape index (κ1) is 78.9. The van der Waals surface area contributed by atoms with Crippen LogP contribution in [0.2, 0.25) is 0 Å². The van der Waals surface area contributed by atoms with Gasteiger partial charge in [-0.15, -0.1) is 0 Å². The number of carbonyl (C=O) groups is 8. The van der Waals surface area contributed by atoms with E-state index in [9.17, 15) is 38.4 Å². The van der Waals surface area contributed by atoms with E-state index in [1.165, 1.54) is 24.3 Å². The Morgan fingerprint density at radius 2 is 0.603 bits per heavy atom. The minimum absolute atomic E-state index is 0.0278. The third-order valence-corrected chi connectivity index (χ3v) is 7.85. The number of aliphatic carboxylic acids is 6. The average Bonchev–Trinajstić information content (AvgIpc) is 4.25. The van der Waals surface area contributed by atoms with Crippen LogP contribution in [0.3, 0.4) is 0 Å². The zero-order valence-electron chi connectivity index (χ0n) is 41.0. The summed E-state index contributed by atoms with van der Waals surface area (Å²) in [6.07, 6.45) is 4.91. The van der Waals surface area contributed by atoms with Gasteiger partial charge in [0.15, 0.2) is 0 Å². The molecule has 1 aromatic carbocycles. The summed E-state index contributed by atoms with van der Waals surface area (Å²) in [6.45, 7) is 4.84. The number of aromatic carboxylic acids is 2. The second-order valence-electron chi connectivity index (χ2n) is 14.2. The van der Waals surface area contributed by atoms with Gasteiger partial charge in [-0.25, -0.2) is 9.59 Å². The van der Waals surface area contributed by atoms with Gasteiger partial charge in [0.25, 0.3) is 0 Å². The molecule has 1 aliphatic heterocycles. The normalized spacial score (nSPS) is 13.2. The number of benzene rings is 1. The molecule has 1 aromatic rings. The number of unbranched alkanes of at least 4 members (excludes halogenated alkanes) is 1. The molecule has 1 saturated heterocycles. The highest BCUT2D eigenvalue weighted by Gasteiger charge is 2.19. The van der Waals surface area contributed by atoms with Gasteiger partial charge in [-0.05, 0) is 81.0 Å².